The Labute approximate surface area is 113 Å². The minimum Gasteiger partial charge on any atom is -0.504 e. The van der Waals surface area contributed by atoms with Crippen LogP contribution in [-0.2, 0) is 9.47 Å². The normalized spacial score (nSPS) is 10.1. The first-order valence-corrected chi connectivity index (χ1v) is 5.70. The molecule has 4 N–H and O–H groups in total. The van der Waals surface area contributed by atoms with E-state index >= 15 is 0 Å². The van der Waals surface area contributed by atoms with E-state index in [0.717, 1.165) is 0 Å². The van der Waals surface area contributed by atoms with Crippen LogP contribution in [-0.4, -0.2) is 45.6 Å². The summed E-state index contributed by atoms with van der Waals surface area (Å²) in [7, 11) is 0. The van der Waals surface area contributed by atoms with Crippen LogP contribution in [0.2, 0.25) is 0 Å². The SMILES string of the molecule is CCOC(=O)c1c(O)c(O)c(O)c(O)c1C(=O)OCC. The molecule has 0 amide bonds. The van der Waals surface area contributed by atoms with Gasteiger partial charge in [-0.1, -0.05) is 0 Å². The zero-order valence-corrected chi connectivity index (χ0v) is 10.8. The summed E-state index contributed by atoms with van der Waals surface area (Å²) in [4.78, 5) is 23.4. The van der Waals surface area contributed by atoms with E-state index in [1.54, 1.807) is 0 Å². The van der Waals surface area contributed by atoms with E-state index in [4.69, 9.17) is 0 Å². The molecule has 8 nitrogen and oxygen atoms in total. The molecule has 0 spiro atoms. The molecule has 0 saturated heterocycles. The molecule has 0 radical (unpaired) electrons. The lowest BCUT2D eigenvalue weighted by molar-refractivity contribution is 0.0471. The Morgan fingerprint density at radius 3 is 1.30 bits per heavy atom. The Morgan fingerprint density at radius 2 is 1.05 bits per heavy atom. The van der Waals surface area contributed by atoms with E-state index in [0.29, 0.717) is 0 Å². The molecular formula is C12H14O8. The third-order valence-electron chi connectivity index (χ3n) is 2.36. The highest BCUT2D eigenvalue weighted by molar-refractivity contribution is 6.08. The molecule has 0 aromatic heterocycles. The summed E-state index contributed by atoms with van der Waals surface area (Å²) in [5, 5.41) is 38.1. The van der Waals surface area contributed by atoms with Gasteiger partial charge in [0.25, 0.3) is 0 Å². The monoisotopic (exact) mass is 286 g/mol. The number of carbonyl (C=O) groups excluding carboxylic acids is 2. The second-order valence-corrected chi connectivity index (χ2v) is 3.59. The molecule has 0 aliphatic heterocycles. The standard InChI is InChI=1S/C12H14O8/c1-3-19-11(17)5-6(12(18)20-4-2)8(14)10(16)9(15)7(5)13/h13-16H,3-4H2,1-2H3. The molecule has 0 atom stereocenters. The Kier molecular flexibility index (Phi) is 4.63. The molecule has 0 saturated carbocycles. The largest absolute Gasteiger partial charge is 0.504 e. The van der Waals surface area contributed by atoms with Crippen LogP contribution >= 0.6 is 0 Å². The van der Waals surface area contributed by atoms with E-state index in [1.165, 1.54) is 13.8 Å². The minimum absolute atomic E-state index is 0.0665. The Hall–Kier alpha value is -2.64. The molecule has 8 heteroatoms. The number of aromatic hydroxyl groups is 4. The van der Waals surface area contributed by atoms with Crippen molar-refractivity contribution in [3.05, 3.63) is 11.1 Å². The van der Waals surface area contributed by atoms with Crippen molar-refractivity contribution in [3.8, 4) is 23.0 Å². The fraction of sp³-hybridized carbons (Fsp3) is 0.333. The highest BCUT2D eigenvalue weighted by Gasteiger charge is 2.33. The first-order valence-electron chi connectivity index (χ1n) is 5.70. The molecule has 0 fully saturated rings. The summed E-state index contributed by atoms with van der Waals surface area (Å²) in [5.41, 5.74) is -1.56. The van der Waals surface area contributed by atoms with Crippen LogP contribution in [0.5, 0.6) is 23.0 Å². The summed E-state index contributed by atoms with van der Waals surface area (Å²) in [6.07, 6.45) is 0. The van der Waals surface area contributed by atoms with Crippen LogP contribution in [0.3, 0.4) is 0 Å². The van der Waals surface area contributed by atoms with Crippen molar-refractivity contribution in [2.75, 3.05) is 13.2 Å². The van der Waals surface area contributed by atoms with Crippen LogP contribution in [0.4, 0.5) is 0 Å². The molecule has 0 unspecified atom stereocenters. The van der Waals surface area contributed by atoms with Gasteiger partial charge < -0.3 is 29.9 Å². The van der Waals surface area contributed by atoms with Crippen LogP contribution in [0, 0.1) is 0 Å². The summed E-state index contributed by atoms with van der Waals surface area (Å²) >= 11 is 0. The van der Waals surface area contributed by atoms with Crippen LogP contribution in [0.15, 0.2) is 0 Å². The fourth-order valence-corrected chi connectivity index (χ4v) is 1.50. The quantitative estimate of drug-likeness (QED) is 0.364. The van der Waals surface area contributed by atoms with Crippen molar-refractivity contribution >= 4 is 11.9 Å². The number of esters is 2. The zero-order chi connectivity index (χ0) is 15.4. The van der Waals surface area contributed by atoms with Crippen LogP contribution in [0.1, 0.15) is 34.6 Å². The minimum atomic E-state index is -1.15. The highest BCUT2D eigenvalue weighted by atomic mass is 16.5. The van der Waals surface area contributed by atoms with Crippen molar-refractivity contribution in [1.29, 1.82) is 0 Å². The van der Waals surface area contributed by atoms with E-state index in [2.05, 4.69) is 9.47 Å². The van der Waals surface area contributed by atoms with Gasteiger partial charge in [0.2, 0.25) is 11.5 Å². The average molecular weight is 286 g/mol. The van der Waals surface area contributed by atoms with Gasteiger partial charge >= 0.3 is 11.9 Å². The molecule has 1 aromatic carbocycles. The lowest BCUT2D eigenvalue weighted by atomic mass is 10.0. The van der Waals surface area contributed by atoms with Gasteiger partial charge in [0.05, 0.1) is 13.2 Å². The number of hydrogen-bond donors (Lipinski definition) is 4. The van der Waals surface area contributed by atoms with Gasteiger partial charge in [-0.15, -0.1) is 0 Å². The maximum absolute atomic E-state index is 11.7. The second-order valence-electron chi connectivity index (χ2n) is 3.59. The van der Waals surface area contributed by atoms with Gasteiger partial charge in [0.15, 0.2) is 11.5 Å². The van der Waals surface area contributed by atoms with Gasteiger partial charge in [-0.2, -0.15) is 0 Å². The van der Waals surface area contributed by atoms with Crippen molar-refractivity contribution < 1.29 is 39.5 Å². The van der Waals surface area contributed by atoms with Gasteiger partial charge in [-0.3, -0.25) is 0 Å². The number of phenolic OH excluding ortho intramolecular Hbond substituents is 4. The first kappa shape index (κ1) is 15.4. The molecule has 0 heterocycles. The maximum atomic E-state index is 11.7. The predicted molar refractivity (Wildman–Crippen MR) is 65.0 cm³/mol. The number of rotatable bonds is 4. The third-order valence-corrected chi connectivity index (χ3v) is 2.36. The molecule has 0 aliphatic carbocycles. The maximum Gasteiger partial charge on any atom is 0.343 e. The fourth-order valence-electron chi connectivity index (χ4n) is 1.50. The van der Waals surface area contributed by atoms with Gasteiger partial charge in [0, 0.05) is 0 Å². The lowest BCUT2D eigenvalue weighted by Gasteiger charge is -2.14. The molecular weight excluding hydrogens is 272 g/mol. The number of carbonyl (C=O) groups is 2. The molecule has 20 heavy (non-hydrogen) atoms. The Balaban J connectivity index is 3.60. The lowest BCUT2D eigenvalue weighted by Crippen LogP contribution is -2.15. The first-order chi connectivity index (χ1) is 9.36. The second kappa shape index (κ2) is 6.00. The number of benzene rings is 1. The number of hydrogen-bond acceptors (Lipinski definition) is 8. The zero-order valence-electron chi connectivity index (χ0n) is 10.8. The van der Waals surface area contributed by atoms with Gasteiger partial charge in [0.1, 0.15) is 11.1 Å². The predicted octanol–water partition coefficient (Wildman–Crippen LogP) is 0.862. The van der Waals surface area contributed by atoms with E-state index in [-0.39, 0.29) is 13.2 Å². The van der Waals surface area contributed by atoms with Gasteiger partial charge in [-0.05, 0) is 13.8 Å². The summed E-state index contributed by atoms with van der Waals surface area (Å²) in [6, 6.07) is 0. The summed E-state index contributed by atoms with van der Waals surface area (Å²) in [5.74, 6) is -6.75. The van der Waals surface area contributed by atoms with Crippen molar-refractivity contribution in [1.82, 2.24) is 0 Å². The van der Waals surface area contributed by atoms with Crippen molar-refractivity contribution in [3.63, 3.8) is 0 Å². The highest BCUT2D eigenvalue weighted by Crippen LogP contribution is 2.47. The summed E-state index contributed by atoms with van der Waals surface area (Å²) in [6.45, 7) is 2.84. The molecule has 1 aromatic rings. The Bertz CT molecular complexity index is 500. The molecule has 0 aliphatic rings. The van der Waals surface area contributed by atoms with Crippen LogP contribution < -0.4 is 0 Å². The van der Waals surface area contributed by atoms with Crippen molar-refractivity contribution in [2.45, 2.75) is 13.8 Å². The topological polar surface area (TPSA) is 134 Å². The molecule has 0 bridgehead atoms. The van der Waals surface area contributed by atoms with Crippen molar-refractivity contribution in [2.24, 2.45) is 0 Å². The average Bonchev–Trinajstić information content (AvgIpc) is 2.40. The summed E-state index contributed by atoms with van der Waals surface area (Å²) < 4.78 is 9.23. The number of ether oxygens (including phenoxy) is 2. The van der Waals surface area contributed by atoms with E-state index in [1.807, 2.05) is 0 Å². The van der Waals surface area contributed by atoms with Crippen LogP contribution in [0.25, 0.3) is 0 Å². The smallest absolute Gasteiger partial charge is 0.343 e. The number of phenols is 4. The molecule has 110 valence electrons. The Morgan fingerprint density at radius 1 is 0.750 bits per heavy atom. The molecule has 1 rings (SSSR count). The third kappa shape index (κ3) is 2.53. The van der Waals surface area contributed by atoms with E-state index < -0.39 is 46.1 Å². The van der Waals surface area contributed by atoms with Gasteiger partial charge in [-0.25, -0.2) is 9.59 Å². The van der Waals surface area contributed by atoms with E-state index in [9.17, 15) is 30.0 Å².